The minimum Gasteiger partial charge on any atom is -0.367 e. The average molecular weight is 269 g/mol. The van der Waals surface area contributed by atoms with Crippen molar-refractivity contribution in [2.45, 2.75) is 18.6 Å². The lowest BCUT2D eigenvalue weighted by molar-refractivity contribution is 0.559. The predicted octanol–water partition coefficient (Wildman–Crippen LogP) is 0.588. The van der Waals surface area contributed by atoms with Crippen LogP contribution in [0.2, 0.25) is 0 Å². The molecule has 2 N–H and O–H groups in total. The Labute approximate surface area is 105 Å². The van der Waals surface area contributed by atoms with Crippen molar-refractivity contribution in [1.82, 2.24) is 19.9 Å². The van der Waals surface area contributed by atoms with E-state index >= 15 is 0 Å². The van der Waals surface area contributed by atoms with Crippen LogP contribution in [-0.2, 0) is 9.84 Å². The van der Waals surface area contributed by atoms with E-state index < -0.39 is 14.6 Å². The number of hydrogen-bond donors (Lipinski definition) is 2. The van der Waals surface area contributed by atoms with Crippen LogP contribution < -0.4 is 5.32 Å². The molecular weight excluding hydrogens is 254 g/mol. The molecule has 0 aromatic carbocycles. The fourth-order valence-electron chi connectivity index (χ4n) is 1.33. The topological polar surface area (TPSA) is 101 Å². The summed E-state index contributed by atoms with van der Waals surface area (Å²) in [5.74, 6) is 0.550. The highest BCUT2D eigenvalue weighted by Crippen LogP contribution is 2.19. The molecule has 18 heavy (non-hydrogen) atoms. The normalized spacial score (nSPS) is 12.8. The maximum absolute atomic E-state index is 11.6. The van der Waals surface area contributed by atoms with E-state index in [1.807, 2.05) is 0 Å². The quantitative estimate of drug-likeness (QED) is 0.842. The summed E-state index contributed by atoms with van der Waals surface area (Å²) in [6, 6.07) is 0. The van der Waals surface area contributed by atoms with E-state index in [0.717, 1.165) is 0 Å². The first-order valence-corrected chi connectivity index (χ1v) is 7.28. The Morgan fingerprint density at radius 2 is 2.06 bits per heavy atom. The molecule has 0 spiro atoms. The van der Waals surface area contributed by atoms with Gasteiger partial charge >= 0.3 is 0 Å². The molecule has 0 bridgehead atoms. The van der Waals surface area contributed by atoms with Gasteiger partial charge in [-0.2, -0.15) is 0 Å². The first-order chi connectivity index (χ1) is 8.31. The molecule has 0 aliphatic heterocycles. The minimum atomic E-state index is -3.14. The number of anilines is 1. The Bertz CT molecular complexity index is 662. The third-order valence-corrected chi connectivity index (χ3v) is 5.06. The van der Waals surface area contributed by atoms with Crippen LogP contribution >= 0.6 is 0 Å². The molecule has 8 heteroatoms. The lowest BCUT2D eigenvalue weighted by atomic mass is 10.2. The maximum atomic E-state index is 11.6. The second-order valence-electron chi connectivity index (χ2n) is 4.71. The average Bonchev–Trinajstić information content (AvgIpc) is 2.73. The van der Waals surface area contributed by atoms with Gasteiger partial charge in [-0.15, -0.1) is 0 Å². The molecular formula is C10H15N5O2S. The van der Waals surface area contributed by atoms with Crippen LogP contribution in [0.25, 0.3) is 11.2 Å². The van der Waals surface area contributed by atoms with Crippen molar-refractivity contribution in [3.8, 4) is 0 Å². The van der Waals surface area contributed by atoms with E-state index in [0.29, 0.717) is 17.0 Å². The van der Waals surface area contributed by atoms with Crippen LogP contribution in [-0.4, -0.2) is 45.9 Å². The van der Waals surface area contributed by atoms with E-state index in [1.165, 1.54) is 18.9 Å². The van der Waals surface area contributed by atoms with E-state index in [9.17, 15) is 8.42 Å². The maximum Gasteiger partial charge on any atom is 0.182 e. The van der Waals surface area contributed by atoms with Gasteiger partial charge in [0.2, 0.25) is 0 Å². The second kappa shape index (κ2) is 4.20. The zero-order valence-corrected chi connectivity index (χ0v) is 11.2. The van der Waals surface area contributed by atoms with Gasteiger partial charge < -0.3 is 10.3 Å². The lowest BCUT2D eigenvalue weighted by Gasteiger charge is -2.23. The Kier molecular flexibility index (Phi) is 2.97. The standard InChI is InChI=1S/C10H15N5O2S/c1-10(2,18(3,16)17)4-11-8-7-9(13-5-12-7)15-6-14-8/h5-6H,4H2,1-3H3,(H2,11,12,13,14,15). The molecule has 0 saturated carbocycles. The van der Waals surface area contributed by atoms with Gasteiger partial charge in [0.1, 0.15) is 11.8 Å². The highest BCUT2D eigenvalue weighted by Gasteiger charge is 2.30. The summed E-state index contributed by atoms with van der Waals surface area (Å²) in [5, 5.41) is 3.02. The second-order valence-corrected chi connectivity index (χ2v) is 7.36. The van der Waals surface area contributed by atoms with Gasteiger partial charge in [0.25, 0.3) is 0 Å². The van der Waals surface area contributed by atoms with E-state index in [2.05, 4.69) is 25.3 Å². The molecule has 0 amide bonds. The fourth-order valence-corrected chi connectivity index (χ4v) is 1.66. The Balaban J connectivity index is 2.23. The molecule has 0 saturated heterocycles. The summed E-state index contributed by atoms with van der Waals surface area (Å²) >= 11 is 0. The third-order valence-electron chi connectivity index (χ3n) is 2.91. The zero-order valence-electron chi connectivity index (χ0n) is 10.4. The molecule has 98 valence electrons. The van der Waals surface area contributed by atoms with Crippen LogP contribution in [0.1, 0.15) is 13.8 Å². The SMILES string of the molecule is CC(C)(CNc1ncnc2nc[nH]c12)S(C)(=O)=O. The van der Waals surface area contributed by atoms with E-state index in [1.54, 1.807) is 13.8 Å². The smallest absolute Gasteiger partial charge is 0.182 e. The van der Waals surface area contributed by atoms with Crippen molar-refractivity contribution in [2.24, 2.45) is 0 Å². The van der Waals surface area contributed by atoms with Crippen molar-refractivity contribution in [3.63, 3.8) is 0 Å². The number of rotatable bonds is 4. The van der Waals surface area contributed by atoms with Gasteiger partial charge in [-0.05, 0) is 13.8 Å². The molecule has 2 aromatic heterocycles. The molecule has 7 nitrogen and oxygen atoms in total. The van der Waals surface area contributed by atoms with Crippen LogP contribution in [0.3, 0.4) is 0 Å². The van der Waals surface area contributed by atoms with Crippen LogP contribution in [0.15, 0.2) is 12.7 Å². The molecule has 2 aromatic rings. The van der Waals surface area contributed by atoms with E-state index in [4.69, 9.17) is 0 Å². The summed E-state index contributed by atoms with van der Waals surface area (Å²) in [4.78, 5) is 15.0. The summed E-state index contributed by atoms with van der Waals surface area (Å²) in [6.45, 7) is 3.60. The van der Waals surface area contributed by atoms with Crippen LogP contribution in [0, 0.1) is 0 Å². The summed E-state index contributed by atoms with van der Waals surface area (Å²) in [6.07, 6.45) is 4.13. The first-order valence-electron chi connectivity index (χ1n) is 5.39. The van der Waals surface area contributed by atoms with Gasteiger partial charge in [0.05, 0.1) is 11.1 Å². The largest absolute Gasteiger partial charge is 0.367 e. The highest BCUT2D eigenvalue weighted by molar-refractivity contribution is 7.92. The van der Waals surface area contributed by atoms with Crippen LogP contribution in [0.5, 0.6) is 0 Å². The van der Waals surface area contributed by atoms with Gasteiger partial charge in [-0.1, -0.05) is 0 Å². The Morgan fingerprint density at radius 3 is 2.72 bits per heavy atom. The minimum absolute atomic E-state index is 0.261. The summed E-state index contributed by atoms with van der Waals surface area (Å²) < 4.78 is 22.3. The third kappa shape index (κ3) is 2.28. The predicted molar refractivity (Wildman–Crippen MR) is 69.1 cm³/mol. The first kappa shape index (κ1) is 12.7. The molecule has 0 aliphatic carbocycles. The number of nitrogens with one attached hydrogen (secondary N) is 2. The van der Waals surface area contributed by atoms with Gasteiger partial charge in [0, 0.05) is 12.8 Å². The monoisotopic (exact) mass is 269 g/mol. The Hall–Kier alpha value is -1.70. The number of H-pyrrole nitrogens is 1. The number of nitrogens with zero attached hydrogens (tertiary/aromatic N) is 3. The fraction of sp³-hybridized carbons (Fsp3) is 0.500. The molecule has 0 fully saturated rings. The lowest BCUT2D eigenvalue weighted by Crippen LogP contribution is -2.38. The van der Waals surface area contributed by atoms with Gasteiger partial charge in [0.15, 0.2) is 21.3 Å². The van der Waals surface area contributed by atoms with Crippen molar-refractivity contribution < 1.29 is 8.42 Å². The van der Waals surface area contributed by atoms with Gasteiger partial charge in [-0.3, -0.25) is 0 Å². The van der Waals surface area contributed by atoms with Crippen molar-refractivity contribution in [1.29, 1.82) is 0 Å². The number of imidazole rings is 1. The van der Waals surface area contributed by atoms with Crippen molar-refractivity contribution >= 4 is 26.8 Å². The number of fused-ring (bicyclic) bond motifs is 1. The summed E-state index contributed by atoms with van der Waals surface area (Å²) in [7, 11) is -3.14. The van der Waals surface area contributed by atoms with Gasteiger partial charge in [-0.25, -0.2) is 23.4 Å². The van der Waals surface area contributed by atoms with Crippen molar-refractivity contribution in [3.05, 3.63) is 12.7 Å². The van der Waals surface area contributed by atoms with Crippen LogP contribution in [0.4, 0.5) is 5.82 Å². The molecule has 2 rings (SSSR count). The molecule has 2 heterocycles. The number of aromatic nitrogens is 4. The molecule has 0 unspecified atom stereocenters. The number of sulfone groups is 1. The highest BCUT2D eigenvalue weighted by atomic mass is 32.2. The molecule has 0 aliphatic rings. The number of hydrogen-bond acceptors (Lipinski definition) is 6. The molecule has 0 radical (unpaired) electrons. The Morgan fingerprint density at radius 1 is 1.33 bits per heavy atom. The zero-order chi connectivity index (χ0) is 13.4. The summed E-state index contributed by atoms with van der Waals surface area (Å²) in [5.41, 5.74) is 1.21. The van der Waals surface area contributed by atoms with E-state index in [-0.39, 0.29) is 6.54 Å². The number of aromatic amines is 1. The van der Waals surface area contributed by atoms with Crippen molar-refractivity contribution in [2.75, 3.05) is 18.1 Å². The molecule has 0 atom stereocenters.